The molecule has 0 saturated heterocycles. The van der Waals surface area contributed by atoms with Crippen LogP contribution in [0.3, 0.4) is 0 Å². The van der Waals surface area contributed by atoms with Crippen LogP contribution in [0.4, 0.5) is 11.4 Å². The van der Waals surface area contributed by atoms with E-state index in [-0.39, 0.29) is 11.6 Å². The predicted molar refractivity (Wildman–Crippen MR) is 63.7 cm³/mol. The lowest BCUT2D eigenvalue weighted by atomic mass is 10.2. The number of carboxylic acids is 1. The highest BCUT2D eigenvalue weighted by atomic mass is 16.4. The molecule has 2 rings (SSSR count). The minimum absolute atomic E-state index is 0.131. The summed E-state index contributed by atoms with van der Waals surface area (Å²) in [5, 5.41) is 9.22. The van der Waals surface area contributed by atoms with Crippen molar-refractivity contribution in [2.45, 2.75) is 6.92 Å². The molecular weight excluding hydrogens is 222 g/mol. The number of aryl methyl sites for hydroxylation is 1. The Kier molecular flexibility index (Phi) is 2.57. The Morgan fingerprint density at radius 2 is 1.94 bits per heavy atom. The molecule has 92 valence electrons. The van der Waals surface area contributed by atoms with Crippen LogP contribution < -0.4 is 9.80 Å². The number of hydrogen-bond donors (Lipinski definition) is 1. The van der Waals surface area contributed by atoms with Gasteiger partial charge in [-0.2, -0.15) is 0 Å². The van der Waals surface area contributed by atoms with Crippen molar-refractivity contribution in [3.05, 3.63) is 11.9 Å². The number of aromatic carboxylic acids is 1. The second kappa shape index (κ2) is 3.80. The quantitative estimate of drug-likeness (QED) is 0.773. The number of hydrogen-bond acceptors (Lipinski definition) is 3. The number of aromatic nitrogens is 1. The third-order valence-corrected chi connectivity index (χ3v) is 3.06. The van der Waals surface area contributed by atoms with Crippen LogP contribution in [0, 0.1) is 0 Å². The zero-order valence-electron chi connectivity index (χ0n) is 10.1. The normalized spacial score (nSPS) is 14.8. The van der Waals surface area contributed by atoms with E-state index in [9.17, 15) is 14.7 Å². The van der Waals surface area contributed by atoms with Gasteiger partial charge in [0.15, 0.2) is 5.69 Å². The van der Waals surface area contributed by atoms with Crippen LogP contribution in [0.1, 0.15) is 17.4 Å². The molecule has 1 amide bonds. The van der Waals surface area contributed by atoms with E-state index in [1.807, 2.05) is 11.9 Å². The molecule has 1 aromatic rings. The average molecular weight is 237 g/mol. The third-order valence-electron chi connectivity index (χ3n) is 3.06. The second-order valence-electron chi connectivity index (χ2n) is 4.22. The lowest BCUT2D eigenvalue weighted by Crippen LogP contribution is -2.41. The van der Waals surface area contributed by atoms with E-state index >= 15 is 0 Å². The monoisotopic (exact) mass is 237 g/mol. The summed E-state index contributed by atoms with van der Waals surface area (Å²) in [6.45, 7) is 2.67. The van der Waals surface area contributed by atoms with Crippen molar-refractivity contribution in [2.24, 2.45) is 7.05 Å². The van der Waals surface area contributed by atoms with E-state index in [2.05, 4.69) is 0 Å². The zero-order valence-corrected chi connectivity index (χ0v) is 10.1. The average Bonchev–Trinajstić information content (AvgIpc) is 2.56. The van der Waals surface area contributed by atoms with Crippen molar-refractivity contribution < 1.29 is 14.7 Å². The van der Waals surface area contributed by atoms with Crippen LogP contribution in [-0.2, 0) is 11.8 Å². The van der Waals surface area contributed by atoms with Crippen LogP contribution in [0.5, 0.6) is 0 Å². The number of fused-ring (bicyclic) bond motifs is 1. The first-order chi connectivity index (χ1) is 7.93. The third kappa shape index (κ3) is 1.65. The molecule has 6 nitrogen and oxygen atoms in total. The molecule has 0 saturated carbocycles. The van der Waals surface area contributed by atoms with E-state index in [0.717, 1.165) is 5.69 Å². The van der Waals surface area contributed by atoms with Crippen LogP contribution in [0.25, 0.3) is 0 Å². The molecular formula is C11H15N3O3. The van der Waals surface area contributed by atoms with Gasteiger partial charge in [-0.1, -0.05) is 0 Å². The number of anilines is 2. The number of likely N-dealkylation sites (N-methyl/N-ethyl adjacent to an activating group) is 1. The Morgan fingerprint density at radius 3 is 2.47 bits per heavy atom. The predicted octanol–water partition coefficient (Wildman–Crippen LogP) is 0.526. The maximum Gasteiger partial charge on any atom is 0.354 e. The second-order valence-corrected chi connectivity index (χ2v) is 4.22. The molecule has 0 radical (unpaired) electrons. The Hall–Kier alpha value is -1.98. The van der Waals surface area contributed by atoms with Gasteiger partial charge in [-0.05, 0) is 0 Å². The van der Waals surface area contributed by atoms with Crippen LogP contribution in [-0.4, -0.2) is 41.7 Å². The summed E-state index contributed by atoms with van der Waals surface area (Å²) in [4.78, 5) is 26.3. The minimum atomic E-state index is -1.02. The lowest BCUT2D eigenvalue weighted by Gasteiger charge is -2.33. The summed E-state index contributed by atoms with van der Waals surface area (Å²) in [6, 6.07) is 0. The van der Waals surface area contributed by atoms with Gasteiger partial charge < -0.3 is 19.5 Å². The molecule has 1 N–H and O–H groups in total. The molecule has 1 aromatic heterocycles. The Bertz CT molecular complexity index is 492. The van der Waals surface area contributed by atoms with Gasteiger partial charge in [0.05, 0.1) is 5.69 Å². The van der Waals surface area contributed by atoms with Gasteiger partial charge in [0.1, 0.15) is 5.69 Å². The first-order valence-electron chi connectivity index (χ1n) is 5.35. The molecule has 0 atom stereocenters. The summed E-state index contributed by atoms with van der Waals surface area (Å²) in [5.41, 5.74) is 1.44. The van der Waals surface area contributed by atoms with Crippen molar-refractivity contribution in [2.75, 3.05) is 29.9 Å². The molecule has 0 spiro atoms. The molecule has 6 heteroatoms. The van der Waals surface area contributed by atoms with Crippen LogP contribution in [0.2, 0.25) is 0 Å². The summed E-state index contributed by atoms with van der Waals surface area (Å²) in [7, 11) is 3.57. The Morgan fingerprint density at radius 1 is 1.29 bits per heavy atom. The summed E-state index contributed by atoms with van der Waals surface area (Å²) in [5.74, 6) is -1.15. The maximum atomic E-state index is 11.6. The van der Waals surface area contributed by atoms with Crippen LogP contribution in [0.15, 0.2) is 6.20 Å². The van der Waals surface area contributed by atoms with E-state index in [1.165, 1.54) is 11.8 Å². The van der Waals surface area contributed by atoms with E-state index in [4.69, 9.17) is 0 Å². The smallest absolute Gasteiger partial charge is 0.354 e. The number of carbonyl (C=O) groups is 2. The summed E-state index contributed by atoms with van der Waals surface area (Å²) in [6.07, 6.45) is 1.74. The number of carboxylic acid groups (broad SMARTS) is 1. The van der Waals surface area contributed by atoms with E-state index in [0.29, 0.717) is 18.8 Å². The van der Waals surface area contributed by atoms with Gasteiger partial charge in [0.25, 0.3) is 0 Å². The van der Waals surface area contributed by atoms with Crippen molar-refractivity contribution in [1.82, 2.24) is 4.57 Å². The van der Waals surface area contributed by atoms with Gasteiger partial charge in [-0.3, -0.25) is 4.79 Å². The maximum absolute atomic E-state index is 11.6. The van der Waals surface area contributed by atoms with E-state index in [1.54, 1.807) is 17.8 Å². The summed E-state index contributed by atoms with van der Waals surface area (Å²) >= 11 is 0. The number of rotatable bonds is 1. The number of carbonyl (C=O) groups excluding carboxylic acids is 1. The number of nitrogens with zero attached hydrogens (tertiary/aromatic N) is 3. The van der Waals surface area contributed by atoms with Crippen molar-refractivity contribution in [3.8, 4) is 0 Å². The van der Waals surface area contributed by atoms with Crippen molar-refractivity contribution in [1.29, 1.82) is 0 Å². The van der Waals surface area contributed by atoms with Crippen molar-refractivity contribution >= 4 is 23.3 Å². The fourth-order valence-corrected chi connectivity index (χ4v) is 2.19. The highest BCUT2D eigenvalue weighted by molar-refractivity contribution is 6.05. The topological polar surface area (TPSA) is 65.8 Å². The Labute approximate surface area is 99.0 Å². The molecule has 0 bridgehead atoms. The van der Waals surface area contributed by atoms with E-state index < -0.39 is 5.97 Å². The fourth-order valence-electron chi connectivity index (χ4n) is 2.19. The largest absolute Gasteiger partial charge is 0.477 e. The lowest BCUT2D eigenvalue weighted by molar-refractivity contribution is -0.116. The highest BCUT2D eigenvalue weighted by Crippen LogP contribution is 2.37. The van der Waals surface area contributed by atoms with Crippen LogP contribution >= 0.6 is 0 Å². The minimum Gasteiger partial charge on any atom is -0.477 e. The molecule has 1 aliphatic heterocycles. The number of amides is 1. The SMILES string of the molecule is CC(=O)N1CCN(C)c2cn(C)c(C(=O)O)c21. The first-order valence-corrected chi connectivity index (χ1v) is 5.35. The first kappa shape index (κ1) is 11.5. The Balaban J connectivity index is 2.65. The molecule has 0 aromatic carbocycles. The van der Waals surface area contributed by atoms with Gasteiger partial charge in [0, 0.05) is 40.3 Å². The molecule has 17 heavy (non-hydrogen) atoms. The molecule has 0 fully saturated rings. The highest BCUT2D eigenvalue weighted by Gasteiger charge is 2.31. The molecule has 0 unspecified atom stereocenters. The summed E-state index contributed by atoms with van der Waals surface area (Å²) < 4.78 is 1.55. The standard InChI is InChI=1S/C11H15N3O3/c1-7(15)14-5-4-12(2)8-6-13(3)10(9(8)14)11(16)17/h6H,4-5H2,1-3H3,(H,16,17). The van der Waals surface area contributed by atoms with Gasteiger partial charge in [-0.15, -0.1) is 0 Å². The van der Waals surface area contributed by atoms with Crippen molar-refractivity contribution in [3.63, 3.8) is 0 Å². The fraction of sp³-hybridized carbons (Fsp3) is 0.455. The van der Waals surface area contributed by atoms with Gasteiger partial charge in [0.2, 0.25) is 5.91 Å². The van der Waals surface area contributed by atoms with Gasteiger partial charge >= 0.3 is 5.97 Å². The molecule has 0 aliphatic carbocycles. The zero-order chi connectivity index (χ0) is 12.7. The molecule has 1 aliphatic rings. The van der Waals surface area contributed by atoms with Gasteiger partial charge in [-0.25, -0.2) is 4.79 Å². The molecule has 2 heterocycles.